The molecule has 2 aromatic carbocycles. The number of rotatable bonds is 7. The predicted octanol–water partition coefficient (Wildman–Crippen LogP) is 4.52. The van der Waals surface area contributed by atoms with E-state index in [9.17, 15) is 9.59 Å². The van der Waals surface area contributed by atoms with Gasteiger partial charge in [-0.25, -0.2) is 0 Å². The number of likely N-dealkylation sites (tertiary alicyclic amines) is 1. The highest BCUT2D eigenvalue weighted by molar-refractivity contribution is 5.94. The molecule has 1 fully saturated rings. The van der Waals surface area contributed by atoms with E-state index < -0.39 is 5.41 Å². The molecule has 0 saturated carbocycles. The molecule has 2 amide bonds. The number of amides is 2. The van der Waals surface area contributed by atoms with Crippen molar-refractivity contribution in [2.75, 3.05) is 19.6 Å². The summed E-state index contributed by atoms with van der Waals surface area (Å²) in [5, 5.41) is 3.01. The highest BCUT2D eigenvalue weighted by atomic mass is 16.2. The van der Waals surface area contributed by atoms with Gasteiger partial charge in [0.15, 0.2) is 0 Å². The van der Waals surface area contributed by atoms with Crippen LogP contribution in [0.15, 0.2) is 91.8 Å². The summed E-state index contributed by atoms with van der Waals surface area (Å²) in [5.41, 5.74) is 3.17. The zero-order valence-electron chi connectivity index (χ0n) is 18.7. The maximum atomic E-state index is 13.5. The SMILES string of the molecule is C=CCNC(=O)[C@@]1(Cc2ccccc2-c2ccccc2)CCCN(C(=O)c2cccnc2)C1. The number of pyridine rings is 1. The Balaban J connectivity index is 1.68. The molecule has 1 aliphatic rings. The lowest BCUT2D eigenvalue weighted by molar-refractivity contribution is -0.133. The topological polar surface area (TPSA) is 62.3 Å². The quantitative estimate of drug-likeness (QED) is 0.551. The molecule has 3 aromatic rings. The number of hydrogen-bond donors (Lipinski definition) is 1. The Morgan fingerprint density at radius 1 is 1.06 bits per heavy atom. The van der Waals surface area contributed by atoms with Crippen LogP contribution in [-0.4, -0.2) is 41.3 Å². The Morgan fingerprint density at radius 2 is 1.85 bits per heavy atom. The zero-order chi connectivity index (χ0) is 23.1. The van der Waals surface area contributed by atoms with Crippen LogP contribution in [-0.2, 0) is 11.2 Å². The normalized spacial score (nSPS) is 17.9. The molecule has 0 unspecified atom stereocenters. The Hall–Kier alpha value is -3.73. The van der Waals surface area contributed by atoms with Crippen molar-refractivity contribution in [2.24, 2.45) is 5.41 Å². The van der Waals surface area contributed by atoms with Gasteiger partial charge >= 0.3 is 0 Å². The van der Waals surface area contributed by atoms with Crippen LogP contribution in [0.4, 0.5) is 0 Å². The fourth-order valence-electron chi connectivity index (χ4n) is 4.68. The van der Waals surface area contributed by atoms with E-state index in [-0.39, 0.29) is 11.8 Å². The molecule has 5 nitrogen and oxygen atoms in total. The average Bonchev–Trinajstić information content (AvgIpc) is 2.88. The molecule has 0 spiro atoms. The monoisotopic (exact) mass is 439 g/mol. The molecular formula is C28H29N3O2. The Kier molecular flexibility index (Phi) is 6.98. The summed E-state index contributed by atoms with van der Waals surface area (Å²) in [6, 6.07) is 22.0. The number of piperidine rings is 1. The standard InChI is InChI=1S/C28H29N3O2/c1-2-16-30-27(33)28(15-9-18-31(21-28)26(32)24-13-8-17-29-20-24)19-23-12-6-7-14-25(23)22-10-4-3-5-11-22/h2-8,10-14,17,20H,1,9,15-16,18-19,21H2,(H,30,33)/t28-/m1/s1. The lowest BCUT2D eigenvalue weighted by Gasteiger charge is -2.42. The summed E-state index contributed by atoms with van der Waals surface area (Å²) in [6.45, 7) is 5.13. The van der Waals surface area contributed by atoms with Crippen molar-refractivity contribution < 1.29 is 9.59 Å². The number of aromatic nitrogens is 1. The molecule has 1 atom stereocenters. The van der Waals surface area contributed by atoms with Gasteiger partial charge < -0.3 is 10.2 Å². The van der Waals surface area contributed by atoms with E-state index in [1.54, 1.807) is 35.5 Å². The van der Waals surface area contributed by atoms with Gasteiger partial charge in [0.05, 0.1) is 11.0 Å². The van der Waals surface area contributed by atoms with E-state index in [0.29, 0.717) is 31.6 Å². The van der Waals surface area contributed by atoms with Gasteiger partial charge in [-0.2, -0.15) is 0 Å². The molecule has 33 heavy (non-hydrogen) atoms. The van der Waals surface area contributed by atoms with Crippen LogP contribution in [0.3, 0.4) is 0 Å². The molecule has 4 rings (SSSR count). The lowest BCUT2D eigenvalue weighted by atomic mass is 9.73. The van der Waals surface area contributed by atoms with Crippen LogP contribution in [0.2, 0.25) is 0 Å². The lowest BCUT2D eigenvalue weighted by Crippen LogP contribution is -2.54. The molecule has 2 heterocycles. The molecule has 1 aromatic heterocycles. The summed E-state index contributed by atoms with van der Waals surface area (Å²) in [7, 11) is 0. The van der Waals surface area contributed by atoms with Crippen molar-refractivity contribution >= 4 is 11.8 Å². The summed E-state index contributed by atoms with van der Waals surface area (Å²) >= 11 is 0. The number of benzene rings is 2. The molecule has 0 radical (unpaired) electrons. The van der Waals surface area contributed by atoms with Gasteiger partial charge in [-0.05, 0) is 48.1 Å². The first kappa shape index (κ1) is 22.5. The molecule has 0 aliphatic carbocycles. The minimum absolute atomic E-state index is 0.0334. The highest BCUT2D eigenvalue weighted by Gasteiger charge is 2.43. The third-order valence-electron chi connectivity index (χ3n) is 6.29. The van der Waals surface area contributed by atoms with E-state index in [0.717, 1.165) is 29.5 Å². The smallest absolute Gasteiger partial charge is 0.255 e. The Labute approximate surface area is 195 Å². The number of nitrogens with zero attached hydrogens (tertiary/aromatic N) is 2. The van der Waals surface area contributed by atoms with Crippen LogP contribution in [0.1, 0.15) is 28.8 Å². The van der Waals surface area contributed by atoms with E-state index >= 15 is 0 Å². The van der Waals surface area contributed by atoms with Crippen LogP contribution < -0.4 is 5.32 Å². The minimum Gasteiger partial charge on any atom is -0.352 e. The fraction of sp³-hybridized carbons (Fsp3) is 0.250. The van der Waals surface area contributed by atoms with Gasteiger partial charge in [0.2, 0.25) is 5.91 Å². The van der Waals surface area contributed by atoms with Crippen molar-refractivity contribution in [3.63, 3.8) is 0 Å². The molecule has 168 valence electrons. The molecule has 1 aliphatic heterocycles. The minimum atomic E-state index is -0.718. The zero-order valence-corrected chi connectivity index (χ0v) is 18.7. The Morgan fingerprint density at radius 3 is 2.61 bits per heavy atom. The van der Waals surface area contributed by atoms with E-state index in [2.05, 4.69) is 41.1 Å². The Bertz CT molecular complexity index is 1110. The number of hydrogen-bond acceptors (Lipinski definition) is 3. The van der Waals surface area contributed by atoms with Crippen LogP contribution in [0.5, 0.6) is 0 Å². The number of carbonyl (C=O) groups is 2. The van der Waals surface area contributed by atoms with E-state index in [1.807, 2.05) is 30.3 Å². The van der Waals surface area contributed by atoms with E-state index in [4.69, 9.17) is 0 Å². The average molecular weight is 440 g/mol. The van der Waals surface area contributed by atoms with Crippen molar-refractivity contribution in [3.8, 4) is 11.1 Å². The second kappa shape index (κ2) is 10.3. The second-order valence-electron chi connectivity index (χ2n) is 8.55. The second-order valence-corrected chi connectivity index (χ2v) is 8.55. The molecule has 1 N–H and O–H groups in total. The maximum absolute atomic E-state index is 13.5. The van der Waals surface area contributed by atoms with Crippen LogP contribution in [0, 0.1) is 5.41 Å². The first-order chi connectivity index (χ1) is 16.1. The van der Waals surface area contributed by atoms with Crippen LogP contribution >= 0.6 is 0 Å². The first-order valence-electron chi connectivity index (χ1n) is 11.3. The summed E-state index contributed by atoms with van der Waals surface area (Å²) in [4.78, 5) is 32.6. The number of nitrogens with one attached hydrogen (secondary N) is 1. The first-order valence-corrected chi connectivity index (χ1v) is 11.3. The maximum Gasteiger partial charge on any atom is 0.255 e. The largest absolute Gasteiger partial charge is 0.352 e. The van der Waals surface area contributed by atoms with Gasteiger partial charge in [-0.15, -0.1) is 6.58 Å². The summed E-state index contributed by atoms with van der Waals surface area (Å²) < 4.78 is 0. The van der Waals surface area contributed by atoms with Gasteiger partial charge in [0.25, 0.3) is 5.91 Å². The van der Waals surface area contributed by atoms with E-state index in [1.165, 1.54) is 0 Å². The van der Waals surface area contributed by atoms with Gasteiger partial charge in [0.1, 0.15) is 0 Å². The van der Waals surface area contributed by atoms with Crippen LogP contribution in [0.25, 0.3) is 11.1 Å². The van der Waals surface area contributed by atoms with Gasteiger partial charge in [0, 0.05) is 32.0 Å². The summed E-state index contributed by atoms with van der Waals surface area (Å²) in [6.07, 6.45) is 6.96. The summed E-state index contributed by atoms with van der Waals surface area (Å²) in [5.74, 6) is -0.117. The predicted molar refractivity (Wildman–Crippen MR) is 131 cm³/mol. The molecule has 5 heteroatoms. The molecule has 0 bridgehead atoms. The van der Waals surface area contributed by atoms with Gasteiger partial charge in [-0.1, -0.05) is 60.7 Å². The van der Waals surface area contributed by atoms with Crippen molar-refractivity contribution in [1.29, 1.82) is 0 Å². The van der Waals surface area contributed by atoms with Crippen molar-refractivity contribution in [3.05, 3.63) is 103 Å². The van der Waals surface area contributed by atoms with Gasteiger partial charge in [-0.3, -0.25) is 14.6 Å². The highest BCUT2D eigenvalue weighted by Crippen LogP contribution is 2.37. The molecular weight excluding hydrogens is 410 g/mol. The third-order valence-corrected chi connectivity index (χ3v) is 6.29. The third kappa shape index (κ3) is 5.03. The number of carbonyl (C=O) groups excluding carboxylic acids is 2. The molecule has 1 saturated heterocycles. The fourth-order valence-corrected chi connectivity index (χ4v) is 4.68. The van der Waals surface area contributed by atoms with Crippen molar-refractivity contribution in [2.45, 2.75) is 19.3 Å². The van der Waals surface area contributed by atoms with Crippen molar-refractivity contribution in [1.82, 2.24) is 15.2 Å².